The van der Waals surface area contributed by atoms with Crippen LogP contribution in [0.2, 0.25) is 0 Å². The molecule has 5 N–H and O–H groups in total. The van der Waals surface area contributed by atoms with E-state index >= 15 is 0 Å². The minimum atomic E-state index is -0.492. The molecule has 0 aromatic rings. The van der Waals surface area contributed by atoms with Crippen molar-refractivity contribution in [1.82, 2.24) is 5.32 Å². The van der Waals surface area contributed by atoms with Gasteiger partial charge in [0.2, 0.25) is 5.71 Å². The third-order valence-electron chi connectivity index (χ3n) is 4.45. The molecule has 0 aliphatic carbocycles. The molecule has 1 amide bonds. The molecular formula is C19H37N4O2+. The molecule has 0 saturated heterocycles. The highest BCUT2D eigenvalue weighted by molar-refractivity contribution is 6.45. The maximum Gasteiger partial charge on any atom is 0.407 e. The van der Waals surface area contributed by atoms with E-state index in [9.17, 15) is 4.79 Å². The number of hydrogen-bond acceptors (Lipinski definition) is 4. The number of rotatable bonds is 8. The molecule has 0 fully saturated rings. The second-order valence-electron chi connectivity index (χ2n) is 7.99. The Morgan fingerprint density at radius 2 is 1.88 bits per heavy atom. The fraction of sp³-hybridized carbons (Fsp3) is 0.737. The van der Waals surface area contributed by atoms with Crippen LogP contribution in [0.1, 0.15) is 68.2 Å². The standard InChI is InChI=1S/C19H36N4O2/c1-9-10-15(16(20)14(3)23-21)19(7,8)13(2)11-12-22-17(24)25-18(4,5)6/h10,13,20H,9,11-12,21H2,1-8H3,(H,22,24)/p+1. The average molecular weight is 354 g/mol. The molecule has 6 nitrogen and oxygen atoms in total. The molecule has 0 aliphatic heterocycles. The molecule has 144 valence electrons. The predicted octanol–water partition coefficient (Wildman–Crippen LogP) is 2.43. The highest BCUT2D eigenvalue weighted by Crippen LogP contribution is 2.37. The van der Waals surface area contributed by atoms with Crippen LogP contribution in [0.3, 0.4) is 0 Å². The molecule has 1 unspecified atom stereocenters. The van der Waals surface area contributed by atoms with Gasteiger partial charge in [-0.15, -0.1) is 0 Å². The zero-order valence-corrected chi connectivity index (χ0v) is 17.2. The lowest BCUT2D eigenvalue weighted by Gasteiger charge is -2.33. The summed E-state index contributed by atoms with van der Waals surface area (Å²) in [6.07, 6.45) is 3.42. The number of carbonyl (C=O) groups is 1. The number of nitrogens with two attached hydrogens (primary N) is 2. The SMILES string of the molecule is CCC=C(C(=[NH2+])C(C)=NN)C(C)(C)C(C)CCNC(=O)OC(C)(C)C. The molecule has 0 saturated carbocycles. The smallest absolute Gasteiger partial charge is 0.407 e. The first-order chi connectivity index (χ1) is 11.4. The van der Waals surface area contributed by atoms with Crippen molar-refractivity contribution in [2.45, 2.75) is 73.8 Å². The molecule has 0 radical (unpaired) electrons. The van der Waals surface area contributed by atoms with Crippen molar-refractivity contribution in [3.05, 3.63) is 11.6 Å². The van der Waals surface area contributed by atoms with Gasteiger partial charge in [0, 0.05) is 12.1 Å². The zero-order valence-electron chi connectivity index (χ0n) is 17.2. The summed E-state index contributed by atoms with van der Waals surface area (Å²) in [6, 6.07) is 0. The Bertz CT molecular complexity index is 528. The van der Waals surface area contributed by atoms with Gasteiger partial charge >= 0.3 is 6.09 Å². The number of hydrogen-bond donors (Lipinski definition) is 3. The van der Waals surface area contributed by atoms with Crippen molar-refractivity contribution in [2.24, 2.45) is 22.3 Å². The first-order valence-electron chi connectivity index (χ1n) is 8.91. The number of alkyl carbamates (subject to hydrolysis) is 1. The molecule has 0 aromatic heterocycles. The Balaban J connectivity index is 4.96. The Hall–Kier alpha value is -1.85. The minimum absolute atomic E-state index is 0.179. The number of hydrazone groups is 1. The van der Waals surface area contributed by atoms with Gasteiger partial charge in [0.15, 0.2) is 0 Å². The van der Waals surface area contributed by atoms with Crippen LogP contribution in [0.5, 0.6) is 0 Å². The molecule has 25 heavy (non-hydrogen) atoms. The summed E-state index contributed by atoms with van der Waals surface area (Å²) >= 11 is 0. The summed E-state index contributed by atoms with van der Waals surface area (Å²) in [5.41, 5.74) is 1.63. The van der Waals surface area contributed by atoms with Gasteiger partial charge in [0.25, 0.3) is 0 Å². The zero-order chi connectivity index (χ0) is 19.8. The topological polar surface area (TPSA) is 102 Å². The minimum Gasteiger partial charge on any atom is -0.444 e. The summed E-state index contributed by atoms with van der Waals surface area (Å²) in [5.74, 6) is 5.67. The number of nitrogens with one attached hydrogen (secondary N) is 1. The fourth-order valence-corrected chi connectivity index (χ4v) is 2.52. The van der Waals surface area contributed by atoms with Gasteiger partial charge in [-0.2, -0.15) is 5.10 Å². The van der Waals surface area contributed by atoms with E-state index in [2.05, 4.69) is 44.2 Å². The van der Waals surface area contributed by atoms with E-state index in [-0.39, 0.29) is 17.4 Å². The third-order valence-corrected chi connectivity index (χ3v) is 4.45. The largest absolute Gasteiger partial charge is 0.444 e. The number of carbonyl (C=O) groups excluding carboxylic acids is 1. The maximum atomic E-state index is 11.8. The van der Waals surface area contributed by atoms with Crippen molar-refractivity contribution in [1.29, 1.82) is 0 Å². The van der Waals surface area contributed by atoms with Crippen LogP contribution in [0.25, 0.3) is 0 Å². The molecule has 0 rings (SSSR count). The molecular weight excluding hydrogens is 316 g/mol. The monoisotopic (exact) mass is 353 g/mol. The van der Waals surface area contributed by atoms with Crippen molar-refractivity contribution >= 4 is 17.5 Å². The third kappa shape index (κ3) is 7.71. The van der Waals surface area contributed by atoms with Crippen LogP contribution in [-0.2, 0) is 4.74 Å². The van der Waals surface area contributed by atoms with Crippen LogP contribution in [0, 0.1) is 11.3 Å². The molecule has 1 atom stereocenters. The Kier molecular flexibility index (Phi) is 8.88. The van der Waals surface area contributed by atoms with E-state index in [1.54, 1.807) is 0 Å². The van der Waals surface area contributed by atoms with Crippen LogP contribution in [-0.4, -0.2) is 29.7 Å². The second-order valence-corrected chi connectivity index (χ2v) is 7.99. The van der Waals surface area contributed by atoms with Crippen molar-refractivity contribution in [3.63, 3.8) is 0 Å². The molecule has 0 spiro atoms. The lowest BCUT2D eigenvalue weighted by molar-refractivity contribution is -0.111. The lowest BCUT2D eigenvalue weighted by atomic mass is 9.70. The second kappa shape index (κ2) is 9.59. The number of nitrogens with zero attached hydrogens (tertiary/aromatic N) is 1. The van der Waals surface area contributed by atoms with E-state index < -0.39 is 5.60 Å². The summed E-state index contributed by atoms with van der Waals surface area (Å²) in [6.45, 7) is 16.4. The summed E-state index contributed by atoms with van der Waals surface area (Å²) < 4.78 is 5.26. The van der Waals surface area contributed by atoms with Gasteiger partial charge in [0.05, 0.1) is 0 Å². The van der Waals surface area contributed by atoms with E-state index in [1.165, 1.54) is 0 Å². The number of amides is 1. The Labute approximate surface area is 152 Å². The van der Waals surface area contributed by atoms with Crippen molar-refractivity contribution < 1.29 is 14.9 Å². The first kappa shape index (κ1) is 23.1. The maximum absolute atomic E-state index is 11.8. The van der Waals surface area contributed by atoms with Crippen LogP contribution >= 0.6 is 0 Å². The average Bonchev–Trinajstić information content (AvgIpc) is 2.48. The summed E-state index contributed by atoms with van der Waals surface area (Å²) in [5, 5.41) is 12.8. The normalized spacial score (nSPS) is 14.9. The van der Waals surface area contributed by atoms with E-state index in [4.69, 9.17) is 16.0 Å². The van der Waals surface area contributed by atoms with Gasteiger partial charge in [-0.1, -0.05) is 33.8 Å². The first-order valence-corrected chi connectivity index (χ1v) is 8.91. The number of ether oxygens (including phenoxy) is 1. The van der Waals surface area contributed by atoms with E-state index in [0.717, 1.165) is 18.4 Å². The molecule has 6 heteroatoms. The van der Waals surface area contributed by atoms with Gasteiger partial charge in [-0.05, 0) is 51.9 Å². The Morgan fingerprint density at radius 3 is 2.32 bits per heavy atom. The van der Waals surface area contributed by atoms with E-state index in [0.29, 0.717) is 18.0 Å². The predicted molar refractivity (Wildman–Crippen MR) is 104 cm³/mol. The van der Waals surface area contributed by atoms with Gasteiger partial charge in [0.1, 0.15) is 11.3 Å². The van der Waals surface area contributed by atoms with Gasteiger partial charge in [-0.3, -0.25) is 5.41 Å². The molecule has 0 aromatic carbocycles. The summed E-state index contributed by atoms with van der Waals surface area (Å²) in [4.78, 5) is 11.8. The Morgan fingerprint density at radius 1 is 1.32 bits per heavy atom. The van der Waals surface area contributed by atoms with Crippen molar-refractivity contribution in [3.8, 4) is 0 Å². The van der Waals surface area contributed by atoms with E-state index in [1.807, 2.05) is 27.7 Å². The van der Waals surface area contributed by atoms with Crippen LogP contribution < -0.4 is 16.6 Å². The van der Waals surface area contributed by atoms with Gasteiger partial charge < -0.3 is 15.9 Å². The summed E-state index contributed by atoms with van der Waals surface area (Å²) in [7, 11) is 0. The lowest BCUT2D eigenvalue weighted by Crippen LogP contribution is -2.49. The van der Waals surface area contributed by atoms with Crippen molar-refractivity contribution in [2.75, 3.05) is 6.54 Å². The van der Waals surface area contributed by atoms with Crippen LogP contribution in [0.4, 0.5) is 4.79 Å². The van der Waals surface area contributed by atoms with Gasteiger partial charge in [-0.25, -0.2) is 4.79 Å². The molecule has 0 heterocycles. The number of allylic oxidation sites excluding steroid dienone is 2. The highest BCUT2D eigenvalue weighted by atomic mass is 16.6. The quantitative estimate of drug-likeness (QED) is 0.355. The molecule has 0 bridgehead atoms. The van der Waals surface area contributed by atoms with Crippen LogP contribution in [0.15, 0.2) is 16.8 Å². The molecule has 0 aliphatic rings. The highest BCUT2D eigenvalue weighted by Gasteiger charge is 2.35. The fourth-order valence-electron chi connectivity index (χ4n) is 2.52.